The van der Waals surface area contributed by atoms with E-state index in [2.05, 4.69) is 26.1 Å². The molecular formula is C22H21N5O3. The van der Waals surface area contributed by atoms with Crippen LogP contribution in [0.2, 0.25) is 0 Å². The van der Waals surface area contributed by atoms with Gasteiger partial charge < -0.3 is 24.9 Å². The van der Waals surface area contributed by atoms with Gasteiger partial charge in [-0.05, 0) is 43.3 Å². The largest absolute Gasteiger partial charge is 0.467 e. The second-order valence-electron chi connectivity index (χ2n) is 6.65. The Balaban J connectivity index is 1.31. The molecule has 0 saturated heterocycles. The van der Waals surface area contributed by atoms with Gasteiger partial charge in [0.15, 0.2) is 0 Å². The number of carbonyl (C=O) groups excluding carboxylic acids is 1. The number of amides is 2. The third-order valence-electron chi connectivity index (χ3n) is 4.37. The van der Waals surface area contributed by atoms with Crippen molar-refractivity contribution in [1.29, 1.82) is 0 Å². The molecule has 2 aromatic carbocycles. The summed E-state index contributed by atoms with van der Waals surface area (Å²) in [6, 6.07) is 20.1. The van der Waals surface area contributed by atoms with Crippen LogP contribution in [0.4, 0.5) is 16.2 Å². The molecule has 0 saturated carbocycles. The highest BCUT2D eigenvalue weighted by atomic mass is 16.5. The van der Waals surface area contributed by atoms with E-state index in [-0.39, 0.29) is 12.1 Å². The van der Waals surface area contributed by atoms with Gasteiger partial charge in [-0.1, -0.05) is 35.5 Å². The SMILES string of the molecule is CC(Nc1ccc(NC(=O)NCc2ccco2)cc1)c1nc(-c2ccccc2)no1. The molecule has 8 heteroatoms. The van der Waals surface area contributed by atoms with E-state index < -0.39 is 0 Å². The number of benzene rings is 2. The number of aromatic nitrogens is 2. The van der Waals surface area contributed by atoms with E-state index in [1.54, 1.807) is 18.4 Å². The molecule has 1 unspecified atom stereocenters. The fourth-order valence-electron chi connectivity index (χ4n) is 2.83. The Morgan fingerprint density at radius 3 is 2.50 bits per heavy atom. The number of rotatable bonds is 7. The van der Waals surface area contributed by atoms with Gasteiger partial charge in [-0.25, -0.2) is 4.79 Å². The molecule has 1 atom stereocenters. The number of carbonyl (C=O) groups is 1. The molecule has 8 nitrogen and oxygen atoms in total. The molecule has 30 heavy (non-hydrogen) atoms. The third-order valence-corrected chi connectivity index (χ3v) is 4.37. The molecule has 0 aliphatic carbocycles. The molecule has 0 spiro atoms. The minimum absolute atomic E-state index is 0.176. The van der Waals surface area contributed by atoms with Crippen molar-refractivity contribution in [3.63, 3.8) is 0 Å². The molecule has 2 heterocycles. The van der Waals surface area contributed by atoms with Crippen LogP contribution in [0.3, 0.4) is 0 Å². The van der Waals surface area contributed by atoms with Crippen LogP contribution < -0.4 is 16.0 Å². The minimum Gasteiger partial charge on any atom is -0.467 e. The lowest BCUT2D eigenvalue weighted by molar-refractivity contribution is 0.251. The zero-order chi connectivity index (χ0) is 20.8. The van der Waals surface area contributed by atoms with E-state index in [1.165, 1.54) is 0 Å². The molecule has 0 aliphatic rings. The lowest BCUT2D eigenvalue weighted by Gasteiger charge is -2.12. The van der Waals surface area contributed by atoms with Gasteiger partial charge in [0.25, 0.3) is 0 Å². The van der Waals surface area contributed by atoms with Crippen molar-refractivity contribution in [1.82, 2.24) is 15.5 Å². The molecule has 2 amide bonds. The summed E-state index contributed by atoms with van der Waals surface area (Å²) in [5, 5.41) is 12.9. The fourth-order valence-corrected chi connectivity index (χ4v) is 2.83. The fraction of sp³-hybridized carbons (Fsp3) is 0.136. The summed E-state index contributed by atoms with van der Waals surface area (Å²) in [5.74, 6) is 1.74. The van der Waals surface area contributed by atoms with Crippen LogP contribution in [-0.2, 0) is 6.54 Å². The highest BCUT2D eigenvalue weighted by molar-refractivity contribution is 5.89. The first kappa shape index (κ1) is 19.3. The lowest BCUT2D eigenvalue weighted by Crippen LogP contribution is -2.27. The van der Waals surface area contributed by atoms with Gasteiger partial charge >= 0.3 is 6.03 Å². The molecule has 4 rings (SSSR count). The molecular weight excluding hydrogens is 382 g/mol. The van der Waals surface area contributed by atoms with Gasteiger partial charge in [-0.3, -0.25) is 0 Å². The Hall–Kier alpha value is -4.07. The Morgan fingerprint density at radius 2 is 1.77 bits per heavy atom. The second kappa shape index (κ2) is 8.95. The summed E-state index contributed by atoms with van der Waals surface area (Å²) in [6.07, 6.45) is 1.57. The van der Waals surface area contributed by atoms with Crippen molar-refractivity contribution in [2.24, 2.45) is 0 Å². The number of urea groups is 1. The molecule has 4 aromatic rings. The van der Waals surface area contributed by atoms with E-state index in [9.17, 15) is 4.79 Å². The average Bonchev–Trinajstić information content (AvgIpc) is 3.47. The Bertz CT molecular complexity index is 1080. The smallest absolute Gasteiger partial charge is 0.319 e. The molecule has 152 valence electrons. The maximum Gasteiger partial charge on any atom is 0.319 e. The first-order valence-electron chi connectivity index (χ1n) is 9.50. The van der Waals surface area contributed by atoms with E-state index in [0.717, 1.165) is 11.3 Å². The van der Waals surface area contributed by atoms with E-state index in [1.807, 2.05) is 61.5 Å². The minimum atomic E-state index is -0.306. The predicted octanol–water partition coefficient (Wildman–Crippen LogP) is 4.82. The van der Waals surface area contributed by atoms with Crippen molar-refractivity contribution in [3.05, 3.63) is 84.6 Å². The van der Waals surface area contributed by atoms with Crippen LogP contribution in [-0.4, -0.2) is 16.2 Å². The van der Waals surface area contributed by atoms with Crippen LogP contribution in [0.1, 0.15) is 24.6 Å². The van der Waals surface area contributed by atoms with E-state index in [4.69, 9.17) is 8.94 Å². The Morgan fingerprint density at radius 1 is 1.00 bits per heavy atom. The monoisotopic (exact) mass is 403 g/mol. The van der Waals surface area contributed by atoms with Gasteiger partial charge in [0.1, 0.15) is 11.8 Å². The number of nitrogens with zero attached hydrogens (tertiary/aromatic N) is 2. The van der Waals surface area contributed by atoms with E-state index in [0.29, 0.717) is 29.7 Å². The summed E-state index contributed by atoms with van der Waals surface area (Å²) in [6.45, 7) is 2.27. The number of hydrogen-bond acceptors (Lipinski definition) is 6. The average molecular weight is 403 g/mol. The molecule has 0 aliphatic heterocycles. The van der Waals surface area contributed by atoms with Gasteiger partial charge in [-0.15, -0.1) is 0 Å². The van der Waals surface area contributed by atoms with Crippen molar-refractivity contribution in [2.75, 3.05) is 10.6 Å². The maximum absolute atomic E-state index is 12.0. The maximum atomic E-state index is 12.0. The molecule has 0 fully saturated rings. The van der Waals surface area contributed by atoms with Crippen LogP contribution in [0, 0.1) is 0 Å². The number of nitrogens with one attached hydrogen (secondary N) is 3. The van der Waals surface area contributed by atoms with Crippen LogP contribution in [0.15, 0.2) is 81.9 Å². The second-order valence-corrected chi connectivity index (χ2v) is 6.65. The third kappa shape index (κ3) is 4.85. The molecule has 0 bridgehead atoms. The quantitative estimate of drug-likeness (QED) is 0.408. The van der Waals surface area contributed by atoms with Crippen molar-refractivity contribution >= 4 is 17.4 Å². The zero-order valence-electron chi connectivity index (χ0n) is 16.3. The summed E-state index contributed by atoms with van der Waals surface area (Å²) in [7, 11) is 0. The summed E-state index contributed by atoms with van der Waals surface area (Å²) in [5.41, 5.74) is 2.44. The summed E-state index contributed by atoms with van der Waals surface area (Å²) >= 11 is 0. The van der Waals surface area contributed by atoms with Crippen LogP contribution >= 0.6 is 0 Å². The standard InChI is InChI=1S/C22H21N5O3/c1-15(21-26-20(27-30-21)16-6-3-2-4-7-16)24-17-9-11-18(12-10-17)25-22(28)23-14-19-8-5-13-29-19/h2-13,15,24H,14H2,1H3,(H2,23,25,28). The first-order chi connectivity index (χ1) is 14.7. The first-order valence-corrected chi connectivity index (χ1v) is 9.50. The van der Waals surface area contributed by atoms with Crippen LogP contribution in [0.25, 0.3) is 11.4 Å². The normalized spacial score (nSPS) is 11.6. The van der Waals surface area contributed by atoms with Crippen LogP contribution in [0.5, 0.6) is 0 Å². The summed E-state index contributed by atoms with van der Waals surface area (Å²) in [4.78, 5) is 16.4. The van der Waals surface area contributed by atoms with Crippen molar-refractivity contribution in [2.45, 2.75) is 19.5 Å². The highest BCUT2D eigenvalue weighted by Gasteiger charge is 2.15. The topological polar surface area (TPSA) is 105 Å². The number of hydrogen-bond donors (Lipinski definition) is 3. The lowest BCUT2D eigenvalue weighted by atomic mass is 10.2. The van der Waals surface area contributed by atoms with Gasteiger partial charge in [0.2, 0.25) is 11.7 Å². The molecule has 0 radical (unpaired) electrons. The van der Waals surface area contributed by atoms with Gasteiger partial charge in [0, 0.05) is 16.9 Å². The zero-order valence-corrected chi connectivity index (χ0v) is 16.3. The summed E-state index contributed by atoms with van der Waals surface area (Å²) < 4.78 is 10.6. The van der Waals surface area contributed by atoms with Crippen molar-refractivity contribution < 1.29 is 13.7 Å². The van der Waals surface area contributed by atoms with Crippen molar-refractivity contribution in [3.8, 4) is 11.4 Å². The van der Waals surface area contributed by atoms with Gasteiger partial charge in [-0.2, -0.15) is 4.98 Å². The van der Waals surface area contributed by atoms with E-state index >= 15 is 0 Å². The molecule has 2 aromatic heterocycles. The Kier molecular flexibility index (Phi) is 5.75. The predicted molar refractivity (Wildman–Crippen MR) is 113 cm³/mol. The highest BCUT2D eigenvalue weighted by Crippen LogP contribution is 2.22. The molecule has 3 N–H and O–H groups in total. The van der Waals surface area contributed by atoms with Gasteiger partial charge in [0.05, 0.1) is 12.8 Å². The number of anilines is 2. The number of furan rings is 1. The Labute approximate surface area is 173 Å².